The summed E-state index contributed by atoms with van der Waals surface area (Å²) < 4.78 is 6.82. The monoisotopic (exact) mass is 219 g/mol. The van der Waals surface area contributed by atoms with Crippen LogP contribution < -0.4 is 10.5 Å². The molecule has 0 aromatic carbocycles. The molecule has 2 rings (SSSR count). The Morgan fingerprint density at radius 2 is 2.31 bits per heavy atom. The molecule has 0 atom stereocenters. The summed E-state index contributed by atoms with van der Waals surface area (Å²) in [5.41, 5.74) is 6.55. The first kappa shape index (κ1) is 10.4. The Morgan fingerprint density at radius 1 is 1.50 bits per heavy atom. The van der Waals surface area contributed by atoms with Crippen LogP contribution in [0.15, 0.2) is 18.5 Å². The Morgan fingerprint density at radius 3 is 2.94 bits per heavy atom. The third kappa shape index (κ3) is 1.95. The van der Waals surface area contributed by atoms with E-state index in [1.54, 1.807) is 18.5 Å². The molecule has 0 aliphatic heterocycles. The largest absolute Gasteiger partial charge is 0.478 e. The molecule has 2 heterocycles. The number of hydrogen-bond acceptors (Lipinski definition) is 5. The van der Waals surface area contributed by atoms with Crippen molar-refractivity contribution in [2.45, 2.75) is 13.8 Å². The number of rotatable bonds is 3. The Labute approximate surface area is 93.1 Å². The number of hydrogen-bond donors (Lipinski definition) is 1. The Kier molecular flexibility index (Phi) is 2.72. The lowest BCUT2D eigenvalue weighted by Crippen LogP contribution is -2.04. The van der Waals surface area contributed by atoms with Crippen LogP contribution in [-0.2, 0) is 0 Å². The molecular weight excluding hydrogens is 206 g/mol. The van der Waals surface area contributed by atoms with E-state index in [0.717, 1.165) is 5.56 Å². The van der Waals surface area contributed by atoms with Gasteiger partial charge in [-0.15, -0.1) is 5.10 Å². The predicted molar refractivity (Wildman–Crippen MR) is 59.5 cm³/mol. The molecule has 0 amide bonds. The summed E-state index contributed by atoms with van der Waals surface area (Å²) in [5, 5.41) is 4.10. The number of aryl methyl sites for hydroxylation is 1. The summed E-state index contributed by atoms with van der Waals surface area (Å²) in [4.78, 5) is 8.30. The van der Waals surface area contributed by atoms with Crippen molar-refractivity contribution in [3.8, 4) is 11.8 Å². The Balaban J connectivity index is 2.36. The van der Waals surface area contributed by atoms with Crippen LogP contribution in [0.2, 0.25) is 0 Å². The van der Waals surface area contributed by atoms with E-state index < -0.39 is 0 Å². The predicted octanol–water partition coefficient (Wildman–Crippen LogP) is 0.952. The third-order valence-electron chi connectivity index (χ3n) is 2.05. The number of nitrogens with two attached hydrogens (primary N) is 1. The second kappa shape index (κ2) is 4.18. The molecule has 0 fully saturated rings. The zero-order valence-electron chi connectivity index (χ0n) is 9.21. The molecule has 2 aromatic rings. The summed E-state index contributed by atoms with van der Waals surface area (Å²) >= 11 is 0. The molecule has 6 nitrogen and oxygen atoms in total. The second-order valence-corrected chi connectivity index (χ2v) is 3.27. The van der Waals surface area contributed by atoms with E-state index in [0.29, 0.717) is 24.3 Å². The van der Waals surface area contributed by atoms with Crippen molar-refractivity contribution in [3.05, 3.63) is 24.0 Å². The van der Waals surface area contributed by atoms with Crippen molar-refractivity contribution in [1.29, 1.82) is 0 Å². The Bertz CT molecular complexity index is 474. The van der Waals surface area contributed by atoms with Gasteiger partial charge in [0.05, 0.1) is 6.61 Å². The number of ether oxygens (including phenoxy) is 1. The quantitative estimate of drug-likeness (QED) is 0.831. The van der Waals surface area contributed by atoms with Gasteiger partial charge in [0.25, 0.3) is 5.95 Å². The minimum absolute atomic E-state index is 0.450. The van der Waals surface area contributed by atoms with Gasteiger partial charge in [-0.3, -0.25) is 0 Å². The van der Waals surface area contributed by atoms with Crippen molar-refractivity contribution in [1.82, 2.24) is 19.7 Å². The maximum Gasteiger partial charge on any atom is 0.253 e. The van der Waals surface area contributed by atoms with Crippen LogP contribution >= 0.6 is 0 Å². The maximum absolute atomic E-state index is 5.66. The minimum Gasteiger partial charge on any atom is -0.478 e. The zero-order chi connectivity index (χ0) is 11.5. The SMILES string of the molecule is CCOc1ccnc(-n2cc(C)c(N)n2)n1. The highest BCUT2D eigenvalue weighted by atomic mass is 16.5. The van der Waals surface area contributed by atoms with Gasteiger partial charge in [0, 0.05) is 24.0 Å². The summed E-state index contributed by atoms with van der Waals surface area (Å²) in [6.45, 7) is 4.35. The lowest BCUT2D eigenvalue weighted by Gasteiger charge is -2.03. The maximum atomic E-state index is 5.66. The van der Waals surface area contributed by atoms with Gasteiger partial charge < -0.3 is 10.5 Å². The van der Waals surface area contributed by atoms with Crippen LogP contribution in [-0.4, -0.2) is 26.4 Å². The molecule has 16 heavy (non-hydrogen) atoms. The first-order valence-electron chi connectivity index (χ1n) is 4.98. The highest BCUT2D eigenvalue weighted by Crippen LogP contribution is 2.12. The van der Waals surface area contributed by atoms with Crippen LogP contribution in [0.3, 0.4) is 0 Å². The van der Waals surface area contributed by atoms with Crippen LogP contribution in [0.5, 0.6) is 5.88 Å². The fourth-order valence-corrected chi connectivity index (χ4v) is 1.25. The van der Waals surface area contributed by atoms with Crippen LogP contribution in [0.1, 0.15) is 12.5 Å². The number of nitrogen functional groups attached to an aromatic ring is 1. The van der Waals surface area contributed by atoms with Crippen molar-refractivity contribution in [2.24, 2.45) is 0 Å². The topological polar surface area (TPSA) is 78.9 Å². The molecular formula is C10H13N5O. The first-order chi connectivity index (χ1) is 7.70. The molecule has 0 saturated carbocycles. The van der Waals surface area contributed by atoms with Gasteiger partial charge in [-0.05, 0) is 13.8 Å². The second-order valence-electron chi connectivity index (χ2n) is 3.27. The van der Waals surface area contributed by atoms with E-state index in [1.807, 2.05) is 13.8 Å². The molecule has 0 aliphatic rings. The van der Waals surface area contributed by atoms with Crippen molar-refractivity contribution < 1.29 is 4.74 Å². The van der Waals surface area contributed by atoms with Crippen LogP contribution in [0.4, 0.5) is 5.82 Å². The molecule has 0 spiro atoms. The average Bonchev–Trinajstić information content (AvgIpc) is 2.60. The summed E-state index contributed by atoms with van der Waals surface area (Å²) in [6, 6.07) is 1.70. The highest BCUT2D eigenvalue weighted by Gasteiger charge is 2.06. The number of aromatic nitrogens is 4. The average molecular weight is 219 g/mol. The van der Waals surface area contributed by atoms with Crippen molar-refractivity contribution >= 4 is 5.82 Å². The molecule has 0 aliphatic carbocycles. The molecule has 0 radical (unpaired) electrons. The van der Waals surface area contributed by atoms with Gasteiger partial charge in [-0.1, -0.05) is 0 Å². The fraction of sp³-hybridized carbons (Fsp3) is 0.300. The molecule has 0 saturated heterocycles. The number of nitrogens with zero attached hydrogens (tertiary/aromatic N) is 4. The minimum atomic E-state index is 0.450. The molecule has 6 heteroatoms. The van der Waals surface area contributed by atoms with E-state index in [2.05, 4.69) is 15.1 Å². The first-order valence-corrected chi connectivity index (χ1v) is 4.98. The van der Waals surface area contributed by atoms with Crippen molar-refractivity contribution in [2.75, 3.05) is 12.3 Å². The van der Waals surface area contributed by atoms with Gasteiger partial charge in [0.15, 0.2) is 0 Å². The molecule has 0 bridgehead atoms. The highest BCUT2D eigenvalue weighted by molar-refractivity contribution is 5.37. The van der Waals surface area contributed by atoms with E-state index >= 15 is 0 Å². The van der Waals surface area contributed by atoms with E-state index in [1.165, 1.54) is 4.68 Å². The molecule has 84 valence electrons. The van der Waals surface area contributed by atoms with Gasteiger partial charge in [-0.2, -0.15) is 4.98 Å². The third-order valence-corrected chi connectivity index (χ3v) is 2.05. The van der Waals surface area contributed by atoms with Crippen LogP contribution in [0, 0.1) is 6.92 Å². The molecule has 2 aromatic heterocycles. The summed E-state index contributed by atoms with van der Waals surface area (Å²) in [7, 11) is 0. The van der Waals surface area contributed by atoms with Gasteiger partial charge in [0.1, 0.15) is 5.82 Å². The van der Waals surface area contributed by atoms with Crippen LogP contribution in [0.25, 0.3) is 5.95 Å². The van der Waals surface area contributed by atoms with Gasteiger partial charge >= 0.3 is 0 Å². The normalized spacial score (nSPS) is 10.4. The zero-order valence-corrected chi connectivity index (χ0v) is 9.21. The van der Waals surface area contributed by atoms with Gasteiger partial charge in [-0.25, -0.2) is 9.67 Å². The molecule has 2 N–H and O–H groups in total. The lowest BCUT2D eigenvalue weighted by atomic mass is 10.4. The van der Waals surface area contributed by atoms with E-state index in [9.17, 15) is 0 Å². The molecule has 0 unspecified atom stereocenters. The van der Waals surface area contributed by atoms with E-state index in [-0.39, 0.29) is 0 Å². The summed E-state index contributed by atoms with van der Waals surface area (Å²) in [5.74, 6) is 1.45. The van der Waals surface area contributed by atoms with E-state index in [4.69, 9.17) is 10.5 Å². The number of anilines is 1. The lowest BCUT2D eigenvalue weighted by molar-refractivity contribution is 0.325. The van der Waals surface area contributed by atoms with Gasteiger partial charge in [0.2, 0.25) is 5.88 Å². The Hall–Kier alpha value is -2.11. The standard InChI is InChI=1S/C10H13N5O/c1-3-16-8-4-5-12-10(13-8)15-6-7(2)9(11)14-15/h4-6H,3H2,1-2H3,(H2,11,14). The smallest absolute Gasteiger partial charge is 0.253 e. The summed E-state index contributed by atoms with van der Waals surface area (Å²) in [6.07, 6.45) is 3.40. The van der Waals surface area contributed by atoms with Crippen molar-refractivity contribution in [3.63, 3.8) is 0 Å². The fourth-order valence-electron chi connectivity index (χ4n) is 1.25.